The zero-order chi connectivity index (χ0) is 15.4. The average Bonchev–Trinajstić information content (AvgIpc) is 2.92. The molecule has 1 aromatic rings. The lowest BCUT2D eigenvalue weighted by atomic mass is 10.1. The van der Waals surface area contributed by atoms with E-state index >= 15 is 0 Å². The third-order valence-electron chi connectivity index (χ3n) is 3.62. The zero-order valence-corrected chi connectivity index (χ0v) is 13.6. The molecule has 5 nitrogen and oxygen atoms in total. The minimum Gasteiger partial charge on any atom is -0.349 e. The summed E-state index contributed by atoms with van der Waals surface area (Å²) in [5, 5.41) is 0. The molecule has 0 unspecified atom stereocenters. The van der Waals surface area contributed by atoms with Gasteiger partial charge in [0.2, 0.25) is 0 Å². The quantitative estimate of drug-likeness (QED) is 0.429. The van der Waals surface area contributed by atoms with Crippen molar-refractivity contribution >= 4 is 10.1 Å². The van der Waals surface area contributed by atoms with Gasteiger partial charge in [0.25, 0.3) is 10.1 Å². The Morgan fingerprint density at radius 2 is 1.43 bits per heavy atom. The number of hydrogen-bond acceptors (Lipinski definition) is 3. The number of hydrogen-bond donors (Lipinski definition) is 2. The van der Waals surface area contributed by atoms with Gasteiger partial charge in [-0.3, -0.25) is 4.55 Å². The van der Waals surface area contributed by atoms with E-state index in [-0.39, 0.29) is 5.75 Å². The summed E-state index contributed by atoms with van der Waals surface area (Å²) in [5.41, 5.74) is 0. The van der Waals surface area contributed by atoms with Crippen LogP contribution >= 0.6 is 0 Å². The van der Waals surface area contributed by atoms with E-state index in [4.69, 9.17) is 4.55 Å². The SMILES string of the molecule is O=S(=O)(O)CCCCCCCCCCCCc1ncc[nH]1. The Morgan fingerprint density at radius 3 is 1.90 bits per heavy atom. The molecule has 0 saturated carbocycles. The number of imidazole rings is 1. The summed E-state index contributed by atoms with van der Waals surface area (Å²) in [6.07, 6.45) is 15.9. The molecule has 2 N–H and O–H groups in total. The number of rotatable bonds is 13. The van der Waals surface area contributed by atoms with Crippen LogP contribution in [0.25, 0.3) is 0 Å². The van der Waals surface area contributed by atoms with Crippen LogP contribution in [0, 0.1) is 0 Å². The van der Waals surface area contributed by atoms with Crippen molar-refractivity contribution in [1.29, 1.82) is 0 Å². The van der Waals surface area contributed by atoms with E-state index in [9.17, 15) is 8.42 Å². The van der Waals surface area contributed by atoms with Crippen LogP contribution in [0.2, 0.25) is 0 Å². The molecule has 0 amide bonds. The normalized spacial score (nSPS) is 11.9. The van der Waals surface area contributed by atoms with Gasteiger partial charge in [0.1, 0.15) is 5.82 Å². The highest BCUT2D eigenvalue weighted by molar-refractivity contribution is 7.85. The van der Waals surface area contributed by atoms with Crippen LogP contribution in [0.15, 0.2) is 12.4 Å². The van der Waals surface area contributed by atoms with Crippen molar-refractivity contribution in [2.24, 2.45) is 0 Å². The van der Waals surface area contributed by atoms with Crippen LogP contribution in [0.3, 0.4) is 0 Å². The molecule has 1 aromatic heterocycles. The van der Waals surface area contributed by atoms with Crippen LogP contribution in [0.4, 0.5) is 0 Å². The molecule has 1 heterocycles. The summed E-state index contributed by atoms with van der Waals surface area (Å²) in [5.74, 6) is 0.989. The molecular formula is C15H28N2O3S. The maximum atomic E-state index is 10.5. The maximum Gasteiger partial charge on any atom is 0.264 e. The first kappa shape index (κ1) is 18.2. The van der Waals surface area contributed by atoms with Crippen molar-refractivity contribution in [3.8, 4) is 0 Å². The first-order valence-electron chi connectivity index (χ1n) is 8.01. The van der Waals surface area contributed by atoms with E-state index in [0.29, 0.717) is 6.42 Å². The highest BCUT2D eigenvalue weighted by Crippen LogP contribution is 2.11. The molecule has 1 rings (SSSR count). The maximum absolute atomic E-state index is 10.5. The third kappa shape index (κ3) is 11.5. The van der Waals surface area contributed by atoms with Gasteiger partial charge in [0, 0.05) is 18.8 Å². The third-order valence-corrected chi connectivity index (χ3v) is 4.43. The minimum atomic E-state index is -3.76. The fourth-order valence-electron chi connectivity index (χ4n) is 2.43. The Kier molecular flexibility index (Phi) is 9.34. The standard InChI is InChI=1S/C15H28N2O3S/c18-21(19,20)14-10-8-6-4-2-1-3-5-7-9-11-15-16-12-13-17-15/h12-13H,1-11,14H2,(H,16,17)(H,18,19,20). The molecule has 0 bridgehead atoms. The van der Waals surface area contributed by atoms with Crippen molar-refractivity contribution in [3.63, 3.8) is 0 Å². The fourth-order valence-corrected chi connectivity index (χ4v) is 2.99. The Hall–Kier alpha value is -0.880. The van der Waals surface area contributed by atoms with Gasteiger partial charge >= 0.3 is 0 Å². The monoisotopic (exact) mass is 316 g/mol. The molecule has 0 saturated heterocycles. The second kappa shape index (κ2) is 10.8. The van der Waals surface area contributed by atoms with E-state index in [1.54, 1.807) is 6.20 Å². The van der Waals surface area contributed by atoms with Crippen molar-refractivity contribution in [3.05, 3.63) is 18.2 Å². The molecular weight excluding hydrogens is 288 g/mol. The van der Waals surface area contributed by atoms with Crippen LogP contribution in [-0.2, 0) is 16.5 Å². The van der Waals surface area contributed by atoms with Crippen molar-refractivity contribution in [1.82, 2.24) is 9.97 Å². The lowest BCUT2D eigenvalue weighted by Crippen LogP contribution is -2.03. The molecule has 0 aliphatic rings. The van der Waals surface area contributed by atoms with E-state index < -0.39 is 10.1 Å². The highest BCUT2D eigenvalue weighted by Gasteiger charge is 2.02. The number of aryl methyl sites for hydroxylation is 1. The van der Waals surface area contributed by atoms with E-state index in [2.05, 4.69) is 9.97 Å². The molecule has 0 atom stereocenters. The van der Waals surface area contributed by atoms with Crippen LogP contribution in [0.5, 0.6) is 0 Å². The van der Waals surface area contributed by atoms with Crippen LogP contribution in [-0.4, -0.2) is 28.7 Å². The smallest absolute Gasteiger partial charge is 0.264 e. The molecule has 122 valence electrons. The second-order valence-corrected chi connectivity index (χ2v) is 7.18. The van der Waals surface area contributed by atoms with Gasteiger partial charge in [-0.1, -0.05) is 51.4 Å². The predicted octanol–water partition coefficient (Wildman–Crippen LogP) is 3.74. The van der Waals surface area contributed by atoms with Gasteiger partial charge in [-0.25, -0.2) is 4.98 Å². The lowest BCUT2D eigenvalue weighted by Gasteiger charge is -2.02. The summed E-state index contributed by atoms with van der Waals surface area (Å²) in [7, 11) is -3.76. The lowest BCUT2D eigenvalue weighted by molar-refractivity contribution is 0.478. The number of unbranched alkanes of at least 4 members (excludes halogenated alkanes) is 9. The Bertz CT molecular complexity index is 443. The summed E-state index contributed by atoms with van der Waals surface area (Å²) < 4.78 is 29.6. The summed E-state index contributed by atoms with van der Waals surface area (Å²) in [6.45, 7) is 0. The first-order chi connectivity index (χ1) is 10.1. The summed E-state index contributed by atoms with van der Waals surface area (Å²) in [6, 6.07) is 0. The molecule has 21 heavy (non-hydrogen) atoms. The van der Waals surface area contributed by atoms with Crippen molar-refractivity contribution in [2.75, 3.05) is 5.75 Å². The van der Waals surface area contributed by atoms with Gasteiger partial charge in [0.15, 0.2) is 0 Å². The van der Waals surface area contributed by atoms with Gasteiger partial charge < -0.3 is 4.98 Å². The van der Waals surface area contributed by atoms with E-state index in [0.717, 1.165) is 31.5 Å². The Balaban J connectivity index is 1.76. The van der Waals surface area contributed by atoms with Gasteiger partial charge in [-0.15, -0.1) is 0 Å². The fraction of sp³-hybridized carbons (Fsp3) is 0.800. The van der Waals surface area contributed by atoms with Crippen molar-refractivity contribution in [2.45, 2.75) is 70.6 Å². The largest absolute Gasteiger partial charge is 0.349 e. The Labute approximate surface area is 128 Å². The molecule has 0 spiro atoms. The molecule has 0 aliphatic carbocycles. The van der Waals surface area contributed by atoms with Crippen LogP contribution < -0.4 is 0 Å². The molecule has 0 aliphatic heterocycles. The molecule has 0 radical (unpaired) electrons. The number of aromatic amines is 1. The molecule has 6 heteroatoms. The van der Waals surface area contributed by atoms with Gasteiger partial charge in [-0.2, -0.15) is 8.42 Å². The highest BCUT2D eigenvalue weighted by atomic mass is 32.2. The second-order valence-electron chi connectivity index (χ2n) is 5.61. The van der Waals surface area contributed by atoms with Gasteiger partial charge in [0.05, 0.1) is 5.75 Å². The summed E-state index contributed by atoms with van der Waals surface area (Å²) in [4.78, 5) is 7.32. The average molecular weight is 316 g/mol. The first-order valence-corrected chi connectivity index (χ1v) is 9.62. The number of H-pyrrole nitrogens is 1. The topological polar surface area (TPSA) is 83.1 Å². The molecule has 0 fully saturated rings. The molecule has 0 aromatic carbocycles. The predicted molar refractivity (Wildman–Crippen MR) is 84.9 cm³/mol. The van der Waals surface area contributed by atoms with Gasteiger partial charge in [-0.05, 0) is 12.8 Å². The van der Waals surface area contributed by atoms with E-state index in [1.165, 1.54) is 38.5 Å². The van der Waals surface area contributed by atoms with Crippen LogP contribution in [0.1, 0.15) is 70.0 Å². The number of nitrogens with one attached hydrogen (secondary N) is 1. The Morgan fingerprint density at radius 1 is 0.905 bits per heavy atom. The number of nitrogens with zero attached hydrogens (tertiary/aromatic N) is 1. The minimum absolute atomic E-state index is 0.0946. The van der Waals surface area contributed by atoms with Crippen molar-refractivity contribution < 1.29 is 13.0 Å². The summed E-state index contributed by atoms with van der Waals surface area (Å²) >= 11 is 0. The number of aromatic nitrogens is 2. The zero-order valence-electron chi connectivity index (χ0n) is 12.8. The van der Waals surface area contributed by atoms with E-state index in [1.807, 2.05) is 6.20 Å².